The second kappa shape index (κ2) is 6.17. The highest BCUT2D eigenvalue weighted by atomic mass is 16.5. The Labute approximate surface area is 108 Å². The molecule has 3 heteroatoms. The van der Waals surface area contributed by atoms with Crippen molar-refractivity contribution in [3.05, 3.63) is 59.4 Å². The normalized spacial score (nSPS) is 10.3. The summed E-state index contributed by atoms with van der Waals surface area (Å²) in [5, 5.41) is 3.16. The second-order valence-electron chi connectivity index (χ2n) is 4.21. The van der Waals surface area contributed by atoms with Crippen molar-refractivity contribution < 1.29 is 4.74 Å². The zero-order valence-corrected chi connectivity index (χ0v) is 10.8. The topological polar surface area (TPSA) is 34.2 Å². The van der Waals surface area contributed by atoms with Gasteiger partial charge in [0.2, 0.25) is 0 Å². The molecule has 0 aliphatic carbocycles. The number of hydrogen-bond donors (Lipinski definition) is 1. The molecule has 0 unspecified atom stereocenters. The van der Waals surface area contributed by atoms with Crippen molar-refractivity contribution in [2.24, 2.45) is 0 Å². The maximum Gasteiger partial charge on any atom is 0.123 e. The van der Waals surface area contributed by atoms with Gasteiger partial charge < -0.3 is 10.1 Å². The third kappa shape index (κ3) is 3.08. The van der Waals surface area contributed by atoms with E-state index in [4.69, 9.17) is 4.74 Å². The van der Waals surface area contributed by atoms with Crippen molar-refractivity contribution in [1.82, 2.24) is 10.3 Å². The first kappa shape index (κ1) is 12.6. The van der Waals surface area contributed by atoms with Gasteiger partial charge in [-0.05, 0) is 42.8 Å². The van der Waals surface area contributed by atoms with Crippen molar-refractivity contribution in [1.29, 1.82) is 0 Å². The van der Waals surface area contributed by atoms with E-state index in [1.807, 2.05) is 37.6 Å². The smallest absolute Gasteiger partial charge is 0.123 e. The van der Waals surface area contributed by atoms with Crippen molar-refractivity contribution in [2.75, 3.05) is 14.2 Å². The Balaban J connectivity index is 2.21. The summed E-state index contributed by atoms with van der Waals surface area (Å²) in [6.45, 7) is 0.813. The lowest BCUT2D eigenvalue weighted by atomic mass is 10.0. The zero-order valence-electron chi connectivity index (χ0n) is 10.8. The van der Waals surface area contributed by atoms with Crippen LogP contribution in [0.25, 0.3) is 0 Å². The second-order valence-corrected chi connectivity index (χ2v) is 4.21. The lowest BCUT2D eigenvalue weighted by Crippen LogP contribution is -2.07. The molecule has 0 bridgehead atoms. The van der Waals surface area contributed by atoms with Crippen molar-refractivity contribution in [3.63, 3.8) is 0 Å². The van der Waals surface area contributed by atoms with E-state index in [0.717, 1.165) is 18.7 Å². The van der Waals surface area contributed by atoms with Gasteiger partial charge in [-0.3, -0.25) is 4.98 Å². The first-order valence-electron chi connectivity index (χ1n) is 6.03. The van der Waals surface area contributed by atoms with E-state index in [2.05, 4.69) is 22.4 Å². The van der Waals surface area contributed by atoms with E-state index < -0.39 is 0 Å². The predicted octanol–water partition coefficient (Wildman–Crippen LogP) is 2.40. The molecule has 2 aromatic rings. The van der Waals surface area contributed by atoms with Gasteiger partial charge in [0, 0.05) is 24.5 Å². The Morgan fingerprint density at radius 3 is 2.56 bits per heavy atom. The Morgan fingerprint density at radius 2 is 1.89 bits per heavy atom. The molecule has 0 saturated carbocycles. The number of benzene rings is 1. The summed E-state index contributed by atoms with van der Waals surface area (Å²) < 4.78 is 5.35. The molecule has 1 heterocycles. The molecule has 0 fully saturated rings. The van der Waals surface area contributed by atoms with E-state index in [1.165, 1.54) is 16.7 Å². The summed E-state index contributed by atoms with van der Waals surface area (Å²) in [6, 6.07) is 10.4. The van der Waals surface area contributed by atoms with Crippen LogP contribution in [-0.2, 0) is 13.0 Å². The quantitative estimate of drug-likeness (QED) is 0.874. The van der Waals surface area contributed by atoms with Gasteiger partial charge in [-0.2, -0.15) is 0 Å². The van der Waals surface area contributed by atoms with Crippen LogP contribution in [0.4, 0.5) is 0 Å². The number of pyridine rings is 1. The highest BCUT2D eigenvalue weighted by Gasteiger charge is 2.04. The Morgan fingerprint density at radius 1 is 1.11 bits per heavy atom. The minimum Gasteiger partial charge on any atom is -0.496 e. The summed E-state index contributed by atoms with van der Waals surface area (Å²) in [5.41, 5.74) is 3.74. The number of rotatable bonds is 5. The third-order valence-electron chi connectivity index (χ3n) is 2.87. The summed E-state index contributed by atoms with van der Waals surface area (Å²) in [5.74, 6) is 0.933. The fourth-order valence-corrected chi connectivity index (χ4v) is 2.01. The number of hydrogen-bond acceptors (Lipinski definition) is 3. The molecule has 18 heavy (non-hydrogen) atoms. The highest BCUT2D eigenvalue weighted by Crippen LogP contribution is 2.21. The molecule has 0 amide bonds. The van der Waals surface area contributed by atoms with E-state index in [1.54, 1.807) is 7.11 Å². The molecule has 0 radical (unpaired) electrons. The standard InChI is InChI=1S/C15H18N2O/c1-16-11-14-10-13(3-4-15(14)18-2)9-12-5-7-17-8-6-12/h3-8,10,16H,9,11H2,1-2H3. The molecular formula is C15H18N2O. The van der Waals surface area contributed by atoms with Crippen molar-refractivity contribution in [3.8, 4) is 5.75 Å². The number of nitrogens with zero attached hydrogens (tertiary/aromatic N) is 1. The van der Waals surface area contributed by atoms with E-state index >= 15 is 0 Å². The molecule has 1 aromatic heterocycles. The molecule has 1 N–H and O–H groups in total. The number of aromatic nitrogens is 1. The maximum absolute atomic E-state index is 5.35. The van der Waals surface area contributed by atoms with Crippen LogP contribution in [0.2, 0.25) is 0 Å². The molecule has 0 aliphatic heterocycles. The fourth-order valence-electron chi connectivity index (χ4n) is 2.01. The monoisotopic (exact) mass is 242 g/mol. The van der Waals surface area contributed by atoms with E-state index in [0.29, 0.717) is 0 Å². The molecule has 0 aliphatic rings. The average molecular weight is 242 g/mol. The number of methoxy groups -OCH3 is 1. The number of ether oxygens (including phenoxy) is 1. The van der Waals surface area contributed by atoms with Gasteiger partial charge in [0.1, 0.15) is 5.75 Å². The van der Waals surface area contributed by atoms with Crippen LogP contribution in [0.15, 0.2) is 42.7 Å². The van der Waals surface area contributed by atoms with Gasteiger partial charge in [-0.15, -0.1) is 0 Å². The van der Waals surface area contributed by atoms with Gasteiger partial charge >= 0.3 is 0 Å². The summed E-state index contributed by atoms with van der Waals surface area (Å²) in [6.07, 6.45) is 4.57. The molecule has 1 aromatic carbocycles. The SMILES string of the molecule is CNCc1cc(Cc2ccncc2)ccc1OC. The van der Waals surface area contributed by atoms with Gasteiger partial charge in [-0.1, -0.05) is 12.1 Å². The molecule has 0 atom stereocenters. The largest absolute Gasteiger partial charge is 0.496 e. The van der Waals surface area contributed by atoms with Crippen LogP contribution in [0.5, 0.6) is 5.75 Å². The van der Waals surface area contributed by atoms with Crippen LogP contribution in [0.3, 0.4) is 0 Å². The van der Waals surface area contributed by atoms with Gasteiger partial charge in [0.25, 0.3) is 0 Å². The van der Waals surface area contributed by atoms with Crippen LogP contribution < -0.4 is 10.1 Å². The van der Waals surface area contributed by atoms with Gasteiger partial charge in [-0.25, -0.2) is 0 Å². The highest BCUT2D eigenvalue weighted by molar-refractivity contribution is 5.39. The third-order valence-corrected chi connectivity index (χ3v) is 2.87. The first-order valence-corrected chi connectivity index (χ1v) is 6.03. The minimum absolute atomic E-state index is 0.813. The number of nitrogens with one attached hydrogen (secondary N) is 1. The van der Waals surface area contributed by atoms with Gasteiger partial charge in [0.05, 0.1) is 7.11 Å². The van der Waals surface area contributed by atoms with Crippen LogP contribution in [0, 0.1) is 0 Å². The summed E-state index contributed by atoms with van der Waals surface area (Å²) in [4.78, 5) is 4.03. The van der Waals surface area contributed by atoms with Gasteiger partial charge in [0.15, 0.2) is 0 Å². The molecule has 3 nitrogen and oxygen atoms in total. The lowest BCUT2D eigenvalue weighted by molar-refractivity contribution is 0.408. The summed E-state index contributed by atoms with van der Waals surface area (Å²) >= 11 is 0. The van der Waals surface area contributed by atoms with Crippen LogP contribution in [0.1, 0.15) is 16.7 Å². The molecule has 0 spiro atoms. The molecular weight excluding hydrogens is 224 g/mol. The zero-order chi connectivity index (χ0) is 12.8. The predicted molar refractivity (Wildman–Crippen MR) is 72.8 cm³/mol. The Bertz CT molecular complexity index is 497. The molecule has 2 rings (SSSR count). The van der Waals surface area contributed by atoms with Crippen molar-refractivity contribution in [2.45, 2.75) is 13.0 Å². The lowest BCUT2D eigenvalue weighted by Gasteiger charge is -2.10. The Hall–Kier alpha value is -1.87. The minimum atomic E-state index is 0.813. The summed E-state index contributed by atoms with van der Waals surface area (Å²) in [7, 11) is 3.64. The van der Waals surface area contributed by atoms with E-state index in [-0.39, 0.29) is 0 Å². The van der Waals surface area contributed by atoms with E-state index in [9.17, 15) is 0 Å². The van der Waals surface area contributed by atoms with Crippen molar-refractivity contribution >= 4 is 0 Å². The molecule has 0 saturated heterocycles. The van der Waals surface area contributed by atoms with Crippen LogP contribution >= 0.6 is 0 Å². The maximum atomic E-state index is 5.35. The Kier molecular flexibility index (Phi) is 4.31. The average Bonchev–Trinajstić information content (AvgIpc) is 2.41. The fraction of sp³-hybridized carbons (Fsp3) is 0.267. The van der Waals surface area contributed by atoms with Crippen LogP contribution in [-0.4, -0.2) is 19.1 Å². The molecule has 94 valence electrons. The first-order chi connectivity index (χ1) is 8.83.